The predicted octanol–water partition coefficient (Wildman–Crippen LogP) is 1.79. The van der Waals surface area contributed by atoms with Crippen LogP contribution in [-0.4, -0.2) is 51.1 Å². The average molecular weight is 312 g/mol. The van der Waals surface area contributed by atoms with Crippen LogP contribution in [-0.2, 0) is 4.74 Å². The Hall–Kier alpha value is -2.12. The molecule has 1 atom stereocenters. The summed E-state index contributed by atoms with van der Waals surface area (Å²) in [5.41, 5.74) is 0.853. The largest absolute Gasteiger partial charge is 0.369 e. The molecular weight excluding hydrogens is 292 g/mol. The molecule has 1 aliphatic carbocycles. The summed E-state index contributed by atoms with van der Waals surface area (Å²) in [7, 11) is 0. The fraction of sp³-hybridized carbons (Fsp3) is 0.500. The molecule has 2 aromatic rings. The van der Waals surface area contributed by atoms with Crippen LogP contribution in [0.4, 0.5) is 11.8 Å². The normalized spacial score (nSPS) is 22.0. The standard InChI is InChI=1S/C16H20N6O/c1-4-18-16(19-5-1)21-15-9-17-8-13(20-15)14-11-22(6-7-23-14)10-12-2-3-12/h1,4-5,8-9,12,14H,2-3,6-7,10-11H2,(H,18,19,20,21)/t14-/m1/s1. The van der Waals surface area contributed by atoms with Crippen LogP contribution in [0, 0.1) is 5.92 Å². The van der Waals surface area contributed by atoms with Crippen LogP contribution in [0.2, 0.25) is 0 Å². The van der Waals surface area contributed by atoms with Crippen LogP contribution in [0.5, 0.6) is 0 Å². The van der Waals surface area contributed by atoms with Gasteiger partial charge in [0.2, 0.25) is 5.95 Å². The summed E-state index contributed by atoms with van der Waals surface area (Å²) in [4.78, 5) is 19.6. The van der Waals surface area contributed by atoms with Gasteiger partial charge in [0, 0.05) is 32.0 Å². The fourth-order valence-corrected chi connectivity index (χ4v) is 2.79. The Balaban J connectivity index is 1.44. The summed E-state index contributed by atoms with van der Waals surface area (Å²) < 4.78 is 5.90. The van der Waals surface area contributed by atoms with Crippen molar-refractivity contribution < 1.29 is 4.74 Å². The van der Waals surface area contributed by atoms with Crippen molar-refractivity contribution in [2.75, 3.05) is 31.6 Å². The van der Waals surface area contributed by atoms with Gasteiger partial charge >= 0.3 is 0 Å². The van der Waals surface area contributed by atoms with E-state index in [1.54, 1.807) is 30.9 Å². The molecule has 3 heterocycles. The van der Waals surface area contributed by atoms with E-state index < -0.39 is 0 Å². The Morgan fingerprint density at radius 1 is 1.22 bits per heavy atom. The third kappa shape index (κ3) is 3.80. The van der Waals surface area contributed by atoms with Crippen LogP contribution in [0.3, 0.4) is 0 Å². The molecular formula is C16H20N6O. The van der Waals surface area contributed by atoms with E-state index in [0.717, 1.165) is 31.3 Å². The summed E-state index contributed by atoms with van der Waals surface area (Å²) in [5.74, 6) is 2.04. The number of aromatic nitrogens is 4. The summed E-state index contributed by atoms with van der Waals surface area (Å²) in [6.45, 7) is 3.83. The van der Waals surface area contributed by atoms with Gasteiger partial charge < -0.3 is 10.1 Å². The highest BCUT2D eigenvalue weighted by atomic mass is 16.5. The second-order valence-corrected chi connectivity index (χ2v) is 6.09. The molecule has 2 aliphatic rings. The molecule has 0 bridgehead atoms. The van der Waals surface area contributed by atoms with E-state index in [9.17, 15) is 0 Å². The zero-order chi connectivity index (χ0) is 15.5. The Bertz CT molecular complexity index is 648. The number of hydrogen-bond donors (Lipinski definition) is 1. The van der Waals surface area contributed by atoms with Gasteiger partial charge in [0.15, 0.2) is 5.82 Å². The van der Waals surface area contributed by atoms with Crippen LogP contribution in [0.25, 0.3) is 0 Å². The Morgan fingerprint density at radius 2 is 2.09 bits per heavy atom. The molecule has 1 aliphatic heterocycles. The molecule has 7 heteroatoms. The number of hydrogen-bond acceptors (Lipinski definition) is 7. The Kier molecular flexibility index (Phi) is 4.12. The van der Waals surface area contributed by atoms with E-state index in [2.05, 4.69) is 30.2 Å². The van der Waals surface area contributed by atoms with Crippen molar-refractivity contribution in [3.05, 3.63) is 36.5 Å². The second-order valence-electron chi connectivity index (χ2n) is 6.09. The van der Waals surface area contributed by atoms with Crippen molar-refractivity contribution in [3.63, 3.8) is 0 Å². The van der Waals surface area contributed by atoms with Gasteiger partial charge in [-0.3, -0.25) is 9.88 Å². The van der Waals surface area contributed by atoms with Crippen molar-refractivity contribution in [1.29, 1.82) is 0 Å². The molecule has 0 spiro atoms. The molecule has 0 aromatic carbocycles. The van der Waals surface area contributed by atoms with Crippen LogP contribution in [0.1, 0.15) is 24.6 Å². The van der Waals surface area contributed by atoms with Crippen LogP contribution >= 0.6 is 0 Å². The lowest BCUT2D eigenvalue weighted by molar-refractivity contribution is -0.0335. The minimum atomic E-state index is -0.0200. The molecule has 1 N–H and O–H groups in total. The van der Waals surface area contributed by atoms with E-state index in [1.807, 2.05) is 0 Å². The summed E-state index contributed by atoms with van der Waals surface area (Å²) in [6, 6.07) is 1.78. The van der Waals surface area contributed by atoms with E-state index in [1.165, 1.54) is 19.4 Å². The zero-order valence-electron chi connectivity index (χ0n) is 12.9. The number of anilines is 2. The molecule has 7 nitrogen and oxygen atoms in total. The maximum absolute atomic E-state index is 5.90. The third-order valence-corrected chi connectivity index (χ3v) is 4.15. The van der Waals surface area contributed by atoms with Gasteiger partial charge in [-0.25, -0.2) is 15.0 Å². The minimum Gasteiger partial charge on any atom is -0.369 e. The molecule has 1 saturated heterocycles. The number of rotatable bonds is 5. The quantitative estimate of drug-likeness (QED) is 0.902. The second kappa shape index (κ2) is 6.55. The number of nitrogens with one attached hydrogen (secondary N) is 1. The van der Waals surface area contributed by atoms with E-state index >= 15 is 0 Å². The highest BCUT2D eigenvalue weighted by Crippen LogP contribution is 2.31. The average Bonchev–Trinajstić information content (AvgIpc) is 3.40. The Labute approximate surface area is 135 Å². The van der Waals surface area contributed by atoms with Crippen molar-refractivity contribution in [3.8, 4) is 0 Å². The maximum Gasteiger partial charge on any atom is 0.228 e. The summed E-state index contributed by atoms with van der Waals surface area (Å²) >= 11 is 0. The van der Waals surface area contributed by atoms with Gasteiger partial charge in [-0.1, -0.05) is 0 Å². The predicted molar refractivity (Wildman–Crippen MR) is 85.2 cm³/mol. The van der Waals surface area contributed by atoms with E-state index in [0.29, 0.717) is 11.8 Å². The number of ether oxygens (including phenoxy) is 1. The molecule has 4 rings (SSSR count). The van der Waals surface area contributed by atoms with Crippen molar-refractivity contribution in [2.24, 2.45) is 5.92 Å². The topological polar surface area (TPSA) is 76.1 Å². The van der Waals surface area contributed by atoms with Gasteiger partial charge in [0.25, 0.3) is 0 Å². The maximum atomic E-state index is 5.90. The van der Waals surface area contributed by atoms with Crippen LogP contribution in [0.15, 0.2) is 30.9 Å². The minimum absolute atomic E-state index is 0.0200. The first-order valence-electron chi connectivity index (χ1n) is 8.07. The third-order valence-electron chi connectivity index (χ3n) is 4.15. The molecule has 2 aromatic heterocycles. The number of nitrogens with zero attached hydrogens (tertiary/aromatic N) is 5. The molecule has 1 saturated carbocycles. The lowest BCUT2D eigenvalue weighted by Gasteiger charge is -2.32. The van der Waals surface area contributed by atoms with Gasteiger partial charge in [-0.15, -0.1) is 0 Å². The van der Waals surface area contributed by atoms with Gasteiger partial charge in [0.1, 0.15) is 6.10 Å². The highest BCUT2D eigenvalue weighted by molar-refractivity contribution is 5.45. The summed E-state index contributed by atoms with van der Waals surface area (Å²) in [6.07, 6.45) is 9.55. The monoisotopic (exact) mass is 312 g/mol. The molecule has 0 unspecified atom stereocenters. The molecule has 0 radical (unpaired) electrons. The lowest BCUT2D eigenvalue weighted by atomic mass is 10.2. The lowest BCUT2D eigenvalue weighted by Crippen LogP contribution is -2.39. The first kappa shape index (κ1) is 14.5. The first-order chi connectivity index (χ1) is 11.4. The molecule has 0 amide bonds. The summed E-state index contributed by atoms with van der Waals surface area (Å²) in [5, 5.41) is 3.07. The number of morpholine rings is 1. The van der Waals surface area contributed by atoms with Gasteiger partial charge in [-0.2, -0.15) is 0 Å². The van der Waals surface area contributed by atoms with E-state index in [-0.39, 0.29) is 6.10 Å². The van der Waals surface area contributed by atoms with Gasteiger partial charge in [-0.05, 0) is 24.8 Å². The highest BCUT2D eigenvalue weighted by Gasteiger charge is 2.29. The van der Waals surface area contributed by atoms with Crippen molar-refractivity contribution in [2.45, 2.75) is 18.9 Å². The Morgan fingerprint density at radius 3 is 2.91 bits per heavy atom. The van der Waals surface area contributed by atoms with Crippen LogP contribution < -0.4 is 5.32 Å². The van der Waals surface area contributed by atoms with Crippen molar-refractivity contribution in [1.82, 2.24) is 24.8 Å². The van der Waals surface area contributed by atoms with E-state index in [4.69, 9.17) is 4.74 Å². The molecule has 2 fully saturated rings. The van der Waals surface area contributed by atoms with Gasteiger partial charge in [0.05, 0.1) is 24.7 Å². The SMILES string of the molecule is c1cnc(Nc2cncc([C@H]3CN(CC4CC4)CCO3)n2)nc1. The molecule has 23 heavy (non-hydrogen) atoms. The first-order valence-corrected chi connectivity index (χ1v) is 8.07. The molecule has 120 valence electrons. The van der Waals surface area contributed by atoms with Crippen molar-refractivity contribution >= 4 is 11.8 Å². The zero-order valence-corrected chi connectivity index (χ0v) is 12.9. The smallest absolute Gasteiger partial charge is 0.228 e. The fourth-order valence-electron chi connectivity index (χ4n) is 2.79.